The van der Waals surface area contributed by atoms with Gasteiger partial charge in [-0.05, 0) is 43.2 Å². The van der Waals surface area contributed by atoms with Crippen LogP contribution in [0.5, 0.6) is 0 Å². The Balaban J connectivity index is 1.43. The van der Waals surface area contributed by atoms with Crippen molar-refractivity contribution in [2.75, 3.05) is 23.4 Å². The number of imidazole rings is 1. The van der Waals surface area contributed by atoms with Gasteiger partial charge in [-0.25, -0.2) is 9.37 Å². The summed E-state index contributed by atoms with van der Waals surface area (Å²) in [6.07, 6.45) is 1.74. The Hall–Kier alpha value is -2.97. The first kappa shape index (κ1) is 20.0. The normalized spacial score (nSPS) is 20.5. The quantitative estimate of drug-likeness (QED) is 0.649. The molecule has 0 radical (unpaired) electrons. The fraction of sp³-hybridized carbons (Fsp3) is 0.318. The van der Waals surface area contributed by atoms with Gasteiger partial charge in [-0.3, -0.25) is 19.1 Å². The molecule has 1 N–H and O–H groups in total. The number of para-hydroxylation sites is 2. The lowest BCUT2D eigenvalue weighted by atomic mass is 10.1. The molecule has 7 nitrogen and oxygen atoms in total. The highest BCUT2D eigenvalue weighted by molar-refractivity contribution is 6.31. The van der Waals surface area contributed by atoms with E-state index in [1.807, 2.05) is 28.8 Å². The van der Waals surface area contributed by atoms with Crippen molar-refractivity contribution in [3.8, 4) is 0 Å². The highest BCUT2D eigenvalue weighted by Crippen LogP contribution is 2.37. The van der Waals surface area contributed by atoms with Gasteiger partial charge in [-0.2, -0.15) is 0 Å². The largest absolute Gasteiger partial charge is 0.376 e. The van der Waals surface area contributed by atoms with E-state index >= 15 is 0 Å². The number of benzene rings is 2. The van der Waals surface area contributed by atoms with Crippen molar-refractivity contribution in [2.45, 2.75) is 31.4 Å². The van der Waals surface area contributed by atoms with Crippen LogP contribution in [0, 0.1) is 5.82 Å². The molecule has 0 spiro atoms. The lowest BCUT2D eigenvalue weighted by Gasteiger charge is -2.19. The Bertz CT molecular complexity index is 1170. The van der Waals surface area contributed by atoms with Gasteiger partial charge in [0.15, 0.2) is 0 Å². The summed E-state index contributed by atoms with van der Waals surface area (Å²) in [7, 11) is 0. The van der Waals surface area contributed by atoms with E-state index in [9.17, 15) is 14.0 Å². The Morgan fingerprint density at radius 3 is 2.90 bits per heavy atom. The molecule has 1 fully saturated rings. The van der Waals surface area contributed by atoms with Crippen LogP contribution in [0.4, 0.5) is 16.0 Å². The Morgan fingerprint density at radius 1 is 1.29 bits per heavy atom. The third kappa shape index (κ3) is 3.66. The standard InChI is InChI=1S/C22H20ClFN4O3/c23-15-10-13(7-8-16(15)24)25-20(29)11-19-21(30)27(12-14-4-3-9-31-14)22-26-17-5-1-2-6-18(17)28(19)22/h1-2,5-8,10,14,19H,3-4,9,11-12H2,(H,25,29)/t14-,19+/m1/s1. The minimum absolute atomic E-state index is 0.0360. The van der Waals surface area contributed by atoms with E-state index in [1.165, 1.54) is 18.2 Å². The maximum Gasteiger partial charge on any atom is 0.253 e. The molecule has 2 atom stereocenters. The van der Waals surface area contributed by atoms with Gasteiger partial charge in [0, 0.05) is 12.3 Å². The van der Waals surface area contributed by atoms with Crippen LogP contribution < -0.4 is 10.2 Å². The topological polar surface area (TPSA) is 76.5 Å². The van der Waals surface area contributed by atoms with E-state index in [0.717, 1.165) is 23.9 Å². The number of rotatable bonds is 5. The van der Waals surface area contributed by atoms with Gasteiger partial charge in [-0.15, -0.1) is 0 Å². The van der Waals surface area contributed by atoms with Crippen LogP contribution in [0.1, 0.15) is 25.3 Å². The zero-order valence-electron chi connectivity index (χ0n) is 16.6. The molecule has 2 aromatic carbocycles. The van der Waals surface area contributed by atoms with Crippen LogP contribution in [0.3, 0.4) is 0 Å². The van der Waals surface area contributed by atoms with Crippen molar-refractivity contribution in [3.05, 3.63) is 53.3 Å². The molecular formula is C22H20ClFN4O3. The number of amides is 2. The second-order valence-electron chi connectivity index (χ2n) is 7.75. The number of nitrogens with zero attached hydrogens (tertiary/aromatic N) is 3. The van der Waals surface area contributed by atoms with Crippen LogP contribution in [0.2, 0.25) is 5.02 Å². The number of hydrogen-bond donors (Lipinski definition) is 1. The van der Waals surface area contributed by atoms with Crippen molar-refractivity contribution >= 4 is 46.1 Å². The van der Waals surface area contributed by atoms with Gasteiger partial charge >= 0.3 is 0 Å². The number of carbonyl (C=O) groups excluding carboxylic acids is 2. The lowest BCUT2D eigenvalue weighted by Crippen LogP contribution is -2.37. The summed E-state index contributed by atoms with van der Waals surface area (Å²) >= 11 is 5.80. The number of ether oxygens (including phenoxy) is 1. The summed E-state index contributed by atoms with van der Waals surface area (Å²) in [4.78, 5) is 32.3. The molecule has 0 bridgehead atoms. The summed E-state index contributed by atoms with van der Waals surface area (Å²) in [6, 6.07) is 10.8. The third-order valence-electron chi connectivity index (χ3n) is 5.67. The number of carbonyl (C=O) groups is 2. The molecule has 0 unspecified atom stereocenters. The fourth-order valence-electron chi connectivity index (χ4n) is 4.22. The average molecular weight is 443 g/mol. The molecule has 9 heteroatoms. The van der Waals surface area contributed by atoms with E-state index in [0.29, 0.717) is 24.8 Å². The summed E-state index contributed by atoms with van der Waals surface area (Å²) < 4.78 is 20.9. The number of anilines is 2. The molecule has 160 valence electrons. The van der Waals surface area contributed by atoms with E-state index in [2.05, 4.69) is 10.3 Å². The van der Waals surface area contributed by atoms with Crippen molar-refractivity contribution in [3.63, 3.8) is 0 Å². The van der Waals surface area contributed by atoms with Crippen LogP contribution in [-0.2, 0) is 14.3 Å². The second-order valence-corrected chi connectivity index (χ2v) is 8.16. The lowest BCUT2D eigenvalue weighted by molar-refractivity contribution is -0.124. The summed E-state index contributed by atoms with van der Waals surface area (Å²) in [6.45, 7) is 1.10. The highest BCUT2D eigenvalue weighted by atomic mass is 35.5. The van der Waals surface area contributed by atoms with E-state index in [1.54, 1.807) is 4.90 Å². The minimum atomic E-state index is -0.722. The Kier molecular flexibility index (Phi) is 5.11. The van der Waals surface area contributed by atoms with Gasteiger partial charge in [0.25, 0.3) is 5.91 Å². The molecule has 5 rings (SSSR count). The number of fused-ring (bicyclic) bond motifs is 3. The smallest absolute Gasteiger partial charge is 0.253 e. The molecule has 3 heterocycles. The first-order valence-corrected chi connectivity index (χ1v) is 10.5. The summed E-state index contributed by atoms with van der Waals surface area (Å²) in [5, 5.41) is 2.61. The first-order valence-electron chi connectivity index (χ1n) is 10.2. The molecule has 0 saturated carbocycles. The molecule has 2 amide bonds. The highest BCUT2D eigenvalue weighted by Gasteiger charge is 2.42. The van der Waals surface area contributed by atoms with Crippen molar-refractivity contribution in [2.24, 2.45) is 0 Å². The van der Waals surface area contributed by atoms with E-state index < -0.39 is 11.9 Å². The number of aromatic nitrogens is 2. The molecule has 0 aliphatic carbocycles. The monoisotopic (exact) mass is 442 g/mol. The Morgan fingerprint density at radius 2 is 2.13 bits per heavy atom. The number of hydrogen-bond acceptors (Lipinski definition) is 4. The first-order chi connectivity index (χ1) is 15.0. The van der Waals surface area contributed by atoms with Crippen LogP contribution >= 0.6 is 11.6 Å². The van der Waals surface area contributed by atoms with Crippen molar-refractivity contribution < 1.29 is 18.7 Å². The van der Waals surface area contributed by atoms with Crippen molar-refractivity contribution in [1.29, 1.82) is 0 Å². The maximum atomic E-state index is 13.4. The number of nitrogens with one attached hydrogen (secondary N) is 1. The van der Waals surface area contributed by atoms with Gasteiger partial charge in [0.1, 0.15) is 11.9 Å². The predicted molar refractivity (Wildman–Crippen MR) is 115 cm³/mol. The summed E-state index contributed by atoms with van der Waals surface area (Å²) in [5.41, 5.74) is 1.93. The molecule has 3 aromatic rings. The van der Waals surface area contributed by atoms with Crippen LogP contribution in [0.25, 0.3) is 11.0 Å². The molecular weight excluding hydrogens is 423 g/mol. The fourth-order valence-corrected chi connectivity index (χ4v) is 4.40. The summed E-state index contributed by atoms with van der Waals surface area (Å²) in [5.74, 6) is -0.589. The Labute approximate surface area is 182 Å². The molecule has 1 aromatic heterocycles. The van der Waals surface area contributed by atoms with Gasteiger partial charge < -0.3 is 10.1 Å². The zero-order chi connectivity index (χ0) is 21.5. The second kappa shape index (κ2) is 7.94. The van der Waals surface area contributed by atoms with Crippen LogP contribution in [0.15, 0.2) is 42.5 Å². The SMILES string of the molecule is O=C(C[C@H]1C(=O)N(C[C@H]2CCCO2)c2nc3ccccc3n21)Nc1ccc(F)c(Cl)c1. The van der Waals surface area contributed by atoms with E-state index in [4.69, 9.17) is 16.3 Å². The molecule has 1 saturated heterocycles. The van der Waals surface area contributed by atoms with Gasteiger partial charge in [0.2, 0.25) is 11.9 Å². The molecule has 2 aliphatic heterocycles. The zero-order valence-corrected chi connectivity index (χ0v) is 17.3. The van der Waals surface area contributed by atoms with Crippen LogP contribution in [-0.4, -0.2) is 40.6 Å². The maximum absolute atomic E-state index is 13.4. The minimum Gasteiger partial charge on any atom is -0.376 e. The average Bonchev–Trinajstić information content (AvgIpc) is 3.45. The van der Waals surface area contributed by atoms with E-state index in [-0.39, 0.29) is 29.4 Å². The molecule has 31 heavy (non-hydrogen) atoms. The van der Waals surface area contributed by atoms with Gasteiger partial charge in [-0.1, -0.05) is 23.7 Å². The van der Waals surface area contributed by atoms with Crippen molar-refractivity contribution in [1.82, 2.24) is 9.55 Å². The third-order valence-corrected chi connectivity index (χ3v) is 5.96. The van der Waals surface area contributed by atoms with Gasteiger partial charge in [0.05, 0.1) is 35.1 Å². The predicted octanol–water partition coefficient (Wildman–Crippen LogP) is 3.92. The molecule has 2 aliphatic rings. The number of halogens is 2.